The van der Waals surface area contributed by atoms with Crippen molar-refractivity contribution >= 4 is 39.0 Å². The summed E-state index contributed by atoms with van der Waals surface area (Å²) < 4.78 is 6.00. The Morgan fingerprint density at radius 3 is 2.75 bits per heavy atom. The lowest BCUT2D eigenvalue weighted by Gasteiger charge is -2.27. The Bertz CT molecular complexity index is 1320. The van der Waals surface area contributed by atoms with Gasteiger partial charge in [0, 0.05) is 18.4 Å². The number of hydrogen-bond donors (Lipinski definition) is 0. The summed E-state index contributed by atoms with van der Waals surface area (Å²) in [6, 6.07) is 11.6. The van der Waals surface area contributed by atoms with Crippen LogP contribution < -0.4 is 0 Å². The van der Waals surface area contributed by atoms with Crippen LogP contribution in [0.3, 0.4) is 0 Å². The van der Waals surface area contributed by atoms with Crippen LogP contribution >= 0.6 is 15.9 Å². The van der Waals surface area contributed by atoms with Gasteiger partial charge in [0.05, 0.1) is 49.2 Å². The second-order valence-corrected chi connectivity index (χ2v) is 11.7. The van der Waals surface area contributed by atoms with Crippen LogP contribution in [0, 0.1) is 18.3 Å². The number of halogens is 1. The minimum atomic E-state index is -0.385. The number of pyridine rings is 1. The average molecular weight is 549 g/mol. The fourth-order valence-electron chi connectivity index (χ4n) is 5.72. The molecular formula is C28H29BrN4O3. The number of aryl methyl sites for hydroxylation is 1. The van der Waals surface area contributed by atoms with Crippen molar-refractivity contribution in [2.45, 2.75) is 58.0 Å². The number of aromatic nitrogens is 1. The zero-order valence-corrected chi connectivity index (χ0v) is 22.1. The van der Waals surface area contributed by atoms with Crippen molar-refractivity contribution in [2.24, 2.45) is 21.5 Å². The Balaban J connectivity index is 1.15. The molecule has 0 radical (unpaired) electrons. The number of carbonyl (C=O) groups is 2. The van der Waals surface area contributed by atoms with Gasteiger partial charge in [-0.15, -0.1) is 0 Å². The van der Waals surface area contributed by atoms with E-state index in [1.165, 1.54) is 0 Å². The summed E-state index contributed by atoms with van der Waals surface area (Å²) in [4.78, 5) is 33.4. The molecule has 1 saturated carbocycles. The average Bonchev–Trinajstić information content (AvgIpc) is 3.14. The fraction of sp³-hybridized carbons (Fsp3) is 0.464. The first kappa shape index (κ1) is 23.7. The van der Waals surface area contributed by atoms with Crippen LogP contribution in [-0.2, 0) is 27.2 Å². The molecule has 7 nitrogen and oxygen atoms in total. The standard InChI is InChI=1S/C28H29BrN4O3/c1-16-6-7-26(29)30-20(16)11-24(34)23-12-28(2)13-25(28)33(23)27(35)9-17-4-3-5-18(8-17)21-10-22(32-31-21)19-14-36-15-19/h3-8,19,23,25H,9-15H2,1-2H3/t23-,25+,28-/m0/s1. The number of carbonyl (C=O) groups excluding carboxylic acids is 2. The van der Waals surface area contributed by atoms with Crippen molar-refractivity contribution in [3.05, 3.63) is 63.4 Å². The van der Waals surface area contributed by atoms with E-state index in [0.29, 0.717) is 5.92 Å². The summed E-state index contributed by atoms with van der Waals surface area (Å²) in [6.45, 7) is 5.61. The largest absolute Gasteiger partial charge is 0.380 e. The molecule has 0 bridgehead atoms. The first-order valence-corrected chi connectivity index (χ1v) is 13.4. The molecule has 1 aliphatic carbocycles. The quantitative estimate of drug-likeness (QED) is 0.488. The summed E-state index contributed by atoms with van der Waals surface area (Å²) in [6.07, 6.45) is 2.95. The van der Waals surface area contributed by atoms with Gasteiger partial charge in [-0.05, 0) is 69.9 Å². The normalized spacial score (nSPS) is 26.8. The lowest BCUT2D eigenvalue weighted by atomic mass is 9.94. The number of ether oxygens (including phenoxy) is 1. The zero-order chi connectivity index (χ0) is 25.0. The second kappa shape index (κ2) is 8.99. The maximum atomic E-state index is 13.6. The molecular weight excluding hydrogens is 520 g/mol. The molecule has 186 valence electrons. The van der Waals surface area contributed by atoms with Crippen LogP contribution in [0.15, 0.2) is 51.2 Å². The molecule has 3 fully saturated rings. The van der Waals surface area contributed by atoms with Crippen molar-refractivity contribution < 1.29 is 14.3 Å². The van der Waals surface area contributed by atoms with Gasteiger partial charge in [-0.3, -0.25) is 9.59 Å². The number of fused-ring (bicyclic) bond motifs is 1. The van der Waals surface area contributed by atoms with Gasteiger partial charge in [0.25, 0.3) is 0 Å². The smallest absolute Gasteiger partial charge is 0.227 e. The van der Waals surface area contributed by atoms with E-state index in [-0.39, 0.29) is 42.0 Å². The zero-order valence-electron chi connectivity index (χ0n) is 20.5. The van der Waals surface area contributed by atoms with E-state index in [1.807, 2.05) is 48.2 Å². The van der Waals surface area contributed by atoms with Gasteiger partial charge >= 0.3 is 0 Å². The highest BCUT2D eigenvalue weighted by molar-refractivity contribution is 9.10. The van der Waals surface area contributed by atoms with Crippen LogP contribution in [0.1, 0.15) is 48.6 Å². The van der Waals surface area contributed by atoms with E-state index in [2.05, 4.69) is 38.0 Å². The molecule has 2 aromatic rings. The molecule has 6 rings (SSSR count). The molecule has 4 heterocycles. The number of amides is 1. The molecule has 4 aliphatic rings. The van der Waals surface area contributed by atoms with Gasteiger partial charge in [-0.25, -0.2) is 4.98 Å². The van der Waals surface area contributed by atoms with Crippen LogP contribution in [0.5, 0.6) is 0 Å². The summed E-state index contributed by atoms with van der Waals surface area (Å²) in [5.41, 5.74) is 5.77. The van der Waals surface area contributed by atoms with Crippen molar-refractivity contribution in [3.63, 3.8) is 0 Å². The summed E-state index contributed by atoms with van der Waals surface area (Å²) in [5, 5.41) is 8.78. The molecule has 1 amide bonds. The Morgan fingerprint density at radius 2 is 1.97 bits per heavy atom. The van der Waals surface area contributed by atoms with Crippen molar-refractivity contribution in [1.29, 1.82) is 0 Å². The molecule has 1 aromatic heterocycles. The minimum absolute atomic E-state index is 0.0209. The van der Waals surface area contributed by atoms with Crippen molar-refractivity contribution in [1.82, 2.24) is 9.88 Å². The van der Waals surface area contributed by atoms with Crippen LogP contribution in [0.2, 0.25) is 0 Å². The first-order valence-electron chi connectivity index (χ1n) is 12.6. The fourth-order valence-corrected chi connectivity index (χ4v) is 6.07. The molecule has 2 saturated heterocycles. The SMILES string of the molecule is Cc1ccc(Br)nc1CC(=O)[C@@H]1C[C@@]2(C)C[C@H]2N1C(=O)Cc1cccc(C2=NN=C(C3COC3)C2)c1. The molecule has 36 heavy (non-hydrogen) atoms. The van der Waals surface area contributed by atoms with E-state index in [0.717, 1.165) is 70.9 Å². The maximum absolute atomic E-state index is 13.6. The molecule has 3 atom stereocenters. The molecule has 8 heteroatoms. The molecule has 0 N–H and O–H groups in total. The Hall–Kier alpha value is -2.71. The van der Waals surface area contributed by atoms with Gasteiger partial charge < -0.3 is 9.64 Å². The highest BCUT2D eigenvalue weighted by Gasteiger charge is 2.64. The van der Waals surface area contributed by atoms with Gasteiger partial charge in [-0.1, -0.05) is 31.2 Å². The third-order valence-corrected chi connectivity index (χ3v) is 8.62. The molecule has 0 unspecified atom stereocenters. The third kappa shape index (κ3) is 4.34. The lowest BCUT2D eigenvalue weighted by Crippen LogP contribution is -2.44. The number of rotatable bonds is 7. The van der Waals surface area contributed by atoms with Gasteiger partial charge in [0.1, 0.15) is 4.60 Å². The van der Waals surface area contributed by atoms with Gasteiger partial charge in [-0.2, -0.15) is 10.2 Å². The Kier molecular flexibility index (Phi) is 5.91. The predicted octanol–water partition coefficient (Wildman–Crippen LogP) is 4.08. The van der Waals surface area contributed by atoms with Crippen molar-refractivity contribution in [2.75, 3.05) is 13.2 Å². The topological polar surface area (TPSA) is 84.2 Å². The molecule has 1 aromatic carbocycles. The number of likely N-dealkylation sites (tertiary alicyclic amines) is 1. The van der Waals surface area contributed by atoms with Gasteiger partial charge in [0.2, 0.25) is 5.91 Å². The molecule has 0 spiro atoms. The van der Waals surface area contributed by atoms with E-state index >= 15 is 0 Å². The minimum Gasteiger partial charge on any atom is -0.380 e. The van der Waals surface area contributed by atoms with E-state index in [1.54, 1.807) is 0 Å². The number of ketones is 1. The number of piperidine rings is 1. The van der Waals surface area contributed by atoms with Gasteiger partial charge in [0.15, 0.2) is 5.78 Å². The van der Waals surface area contributed by atoms with Crippen molar-refractivity contribution in [3.8, 4) is 0 Å². The lowest BCUT2D eigenvalue weighted by molar-refractivity contribution is -0.138. The number of Topliss-reactive ketones (excluding diaryl/α,β-unsaturated/α-hetero) is 1. The number of hydrogen-bond acceptors (Lipinski definition) is 6. The third-order valence-electron chi connectivity index (χ3n) is 8.18. The number of nitrogens with zero attached hydrogens (tertiary/aromatic N) is 4. The maximum Gasteiger partial charge on any atom is 0.227 e. The number of benzene rings is 1. The Morgan fingerprint density at radius 1 is 1.14 bits per heavy atom. The molecule has 3 aliphatic heterocycles. The van der Waals surface area contributed by atoms with Crippen LogP contribution in [-0.4, -0.2) is 58.3 Å². The van der Waals surface area contributed by atoms with Crippen LogP contribution in [0.25, 0.3) is 0 Å². The van der Waals surface area contributed by atoms with E-state index in [9.17, 15) is 9.59 Å². The summed E-state index contributed by atoms with van der Waals surface area (Å²) in [7, 11) is 0. The summed E-state index contributed by atoms with van der Waals surface area (Å²) in [5.74, 6) is 0.473. The second-order valence-electron chi connectivity index (χ2n) is 10.9. The van der Waals surface area contributed by atoms with Crippen LogP contribution in [0.4, 0.5) is 0 Å². The first-order chi connectivity index (χ1) is 17.3. The monoisotopic (exact) mass is 548 g/mol. The highest BCUT2D eigenvalue weighted by atomic mass is 79.9. The Labute approximate surface area is 219 Å². The van der Waals surface area contributed by atoms with E-state index < -0.39 is 0 Å². The highest BCUT2D eigenvalue weighted by Crippen LogP contribution is 2.59. The summed E-state index contributed by atoms with van der Waals surface area (Å²) >= 11 is 3.41. The predicted molar refractivity (Wildman–Crippen MR) is 140 cm³/mol. The van der Waals surface area contributed by atoms with E-state index in [4.69, 9.17) is 4.74 Å².